The first-order chi connectivity index (χ1) is 13.0. The van der Waals surface area contributed by atoms with Gasteiger partial charge in [0.2, 0.25) is 0 Å². The molecule has 3 rings (SSSR count). The van der Waals surface area contributed by atoms with Crippen molar-refractivity contribution in [1.29, 1.82) is 0 Å². The highest BCUT2D eigenvalue weighted by atomic mass is 35.5. The molecule has 0 atom stereocenters. The number of rotatable bonds is 5. The number of aryl methyl sites for hydroxylation is 1. The number of hydrazone groups is 1. The van der Waals surface area contributed by atoms with Gasteiger partial charge in [-0.1, -0.05) is 23.7 Å². The molecule has 0 bridgehead atoms. The second-order valence-electron chi connectivity index (χ2n) is 6.07. The summed E-state index contributed by atoms with van der Waals surface area (Å²) in [5.74, 6) is 0.325. The zero-order valence-corrected chi connectivity index (χ0v) is 16.1. The van der Waals surface area contributed by atoms with E-state index in [2.05, 4.69) is 15.1 Å². The van der Waals surface area contributed by atoms with Crippen LogP contribution in [0.2, 0.25) is 5.02 Å². The average molecular weight is 382 g/mol. The number of hydrogen-bond acceptors (Lipinski definition) is 3. The smallest absolute Gasteiger partial charge is 0.271 e. The number of nitrogens with zero attached hydrogens (tertiary/aromatic N) is 2. The summed E-state index contributed by atoms with van der Waals surface area (Å²) in [5, 5.41) is 4.78. The fourth-order valence-electron chi connectivity index (χ4n) is 2.92. The lowest BCUT2D eigenvalue weighted by molar-refractivity contribution is 0.0955. The molecule has 1 amide bonds. The highest BCUT2D eigenvalue weighted by Gasteiger charge is 2.10. The van der Waals surface area contributed by atoms with Crippen molar-refractivity contribution in [3.05, 3.63) is 82.1 Å². The fraction of sp³-hybridized carbons (Fsp3) is 0.143. The molecule has 0 saturated heterocycles. The molecule has 1 N–H and O–H groups in total. The molecule has 5 nitrogen and oxygen atoms in total. The first-order valence-electron chi connectivity index (χ1n) is 8.42. The number of aromatic nitrogens is 1. The fourth-order valence-corrected chi connectivity index (χ4v) is 3.10. The van der Waals surface area contributed by atoms with Crippen LogP contribution in [-0.4, -0.2) is 23.8 Å². The molecule has 0 radical (unpaired) electrons. The van der Waals surface area contributed by atoms with Crippen molar-refractivity contribution in [1.82, 2.24) is 9.99 Å². The predicted molar refractivity (Wildman–Crippen MR) is 108 cm³/mol. The Balaban J connectivity index is 1.78. The average Bonchev–Trinajstić information content (AvgIpc) is 2.95. The number of carbonyl (C=O) groups excluding carboxylic acids is 1. The van der Waals surface area contributed by atoms with Crippen LogP contribution in [0.4, 0.5) is 0 Å². The standard InChI is InChI=1S/C21H20ClN3O2/c1-14-10-17(15(2)25(14)19-8-5-7-18(22)12-19)13-23-24-21(26)16-6-4-9-20(11-16)27-3/h4-13H,1-3H3,(H,24,26)/b23-13-. The van der Waals surface area contributed by atoms with Crippen LogP contribution in [0, 0.1) is 13.8 Å². The molecule has 27 heavy (non-hydrogen) atoms. The topological polar surface area (TPSA) is 55.6 Å². The van der Waals surface area contributed by atoms with E-state index in [1.54, 1.807) is 37.6 Å². The molecule has 2 aromatic carbocycles. The highest BCUT2D eigenvalue weighted by Crippen LogP contribution is 2.22. The van der Waals surface area contributed by atoms with Crippen molar-refractivity contribution >= 4 is 23.7 Å². The maximum Gasteiger partial charge on any atom is 0.271 e. The summed E-state index contributed by atoms with van der Waals surface area (Å²) in [4.78, 5) is 12.2. The maximum absolute atomic E-state index is 12.2. The van der Waals surface area contributed by atoms with Gasteiger partial charge in [0.15, 0.2) is 0 Å². The molecule has 0 aliphatic rings. The van der Waals surface area contributed by atoms with Crippen molar-refractivity contribution in [2.75, 3.05) is 7.11 Å². The Morgan fingerprint density at radius 2 is 1.93 bits per heavy atom. The van der Waals surface area contributed by atoms with E-state index in [1.807, 2.05) is 44.2 Å². The highest BCUT2D eigenvalue weighted by molar-refractivity contribution is 6.30. The Labute approximate surface area is 163 Å². The van der Waals surface area contributed by atoms with Gasteiger partial charge in [-0.15, -0.1) is 0 Å². The Kier molecular flexibility index (Phi) is 5.62. The Hall–Kier alpha value is -3.05. The number of methoxy groups -OCH3 is 1. The van der Waals surface area contributed by atoms with E-state index in [-0.39, 0.29) is 5.91 Å². The molecule has 1 heterocycles. The summed E-state index contributed by atoms with van der Waals surface area (Å²) in [5.41, 5.74) is 6.99. The molecule has 0 unspecified atom stereocenters. The van der Waals surface area contributed by atoms with Crippen LogP contribution in [0.3, 0.4) is 0 Å². The number of halogens is 1. The van der Waals surface area contributed by atoms with Crippen LogP contribution in [0.5, 0.6) is 5.75 Å². The van der Waals surface area contributed by atoms with Gasteiger partial charge in [-0.05, 0) is 56.3 Å². The molecule has 3 aromatic rings. The van der Waals surface area contributed by atoms with Crippen LogP contribution in [0.15, 0.2) is 59.7 Å². The van der Waals surface area contributed by atoms with Crippen LogP contribution in [-0.2, 0) is 0 Å². The van der Waals surface area contributed by atoms with Crippen LogP contribution in [0.1, 0.15) is 27.3 Å². The Morgan fingerprint density at radius 3 is 2.67 bits per heavy atom. The number of amides is 1. The van der Waals surface area contributed by atoms with E-state index in [4.69, 9.17) is 16.3 Å². The molecule has 138 valence electrons. The minimum Gasteiger partial charge on any atom is -0.497 e. The molecule has 0 aliphatic carbocycles. The van der Waals surface area contributed by atoms with Crippen molar-refractivity contribution in [2.24, 2.45) is 5.10 Å². The van der Waals surface area contributed by atoms with Crippen molar-refractivity contribution in [3.8, 4) is 11.4 Å². The first-order valence-corrected chi connectivity index (χ1v) is 8.79. The second kappa shape index (κ2) is 8.10. The maximum atomic E-state index is 12.2. The zero-order chi connectivity index (χ0) is 19.4. The van der Waals surface area contributed by atoms with E-state index in [1.165, 1.54) is 0 Å². The number of hydrogen-bond donors (Lipinski definition) is 1. The summed E-state index contributed by atoms with van der Waals surface area (Å²) in [7, 11) is 1.56. The largest absolute Gasteiger partial charge is 0.497 e. The van der Waals surface area contributed by atoms with Crippen LogP contribution in [0.25, 0.3) is 5.69 Å². The van der Waals surface area contributed by atoms with Gasteiger partial charge in [0.05, 0.1) is 13.3 Å². The monoisotopic (exact) mass is 381 g/mol. The van der Waals surface area contributed by atoms with Crippen molar-refractivity contribution < 1.29 is 9.53 Å². The van der Waals surface area contributed by atoms with Gasteiger partial charge >= 0.3 is 0 Å². The Morgan fingerprint density at radius 1 is 1.15 bits per heavy atom. The van der Waals surface area contributed by atoms with Crippen molar-refractivity contribution in [3.63, 3.8) is 0 Å². The van der Waals surface area contributed by atoms with Crippen molar-refractivity contribution in [2.45, 2.75) is 13.8 Å². The third-order valence-electron chi connectivity index (χ3n) is 4.24. The van der Waals surface area contributed by atoms with E-state index in [0.29, 0.717) is 16.3 Å². The molecule has 6 heteroatoms. The van der Waals surface area contributed by atoms with Crippen LogP contribution >= 0.6 is 11.6 Å². The van der Waals surface area contributed by atoms with Gasteiger partial charge < -0.3 is 9.30 Å². The summed E-state index contributed by atoms with van der Waals surface area (Å²) in [6.45, 7) is 4.01. The minimum atomic E-state index is -0.297. The zero-order valence-electron chi connectivity index (χ0n) is 15.4. The van der Waals surface area contributed by atoms with Gasteiger partial charge in [-0.3, -0.25) is 4.79 Å². The molecule has 0 saturated carbocycles. The molecular weight excluding hydrogens is 362 g/mol. The first kappa shape index (κ1) is 18.7. The predicted octanol–water partition coefficient (Wildman–Crippen LogP) is 4.52. The summed E-state index contributed by atoms with van der Waals surface area (Å²) >= 11 is 6.11. The van der Waals surface area contributed by atoms with Gasteiger partial charge in [0, 0.05) is 33.2 Å². The molecule has 0 fully saturated rings. The van der Waals surface area contributed by atoms with Gasteiger partial charge in [-0.2, -0.15) is 5.10 Å². The normalized spacial score (nSPS) is 11.0. The number of carbonyl (C=O) groups is 1. The van der Waals surface area contributed by atoms with Crippen LogP contribution < -0.4 is 10.2 Å². The Bertz CT molecular complexity index is 1010. The van der Waals surface area contributed by atoms with E-state index in [9.17, 15) is 4.79 Å². The third-order valence-corrected chi connectivity index (χ3v) is 4.47. The van der Waals surface area contributed by atoms with E-state index < -0.39 is 0 Å². The summed E-state index contributed by atoms with van der Waals surface area (Å²) in [6.07, 6.45) is 1.64. The number of nitrogens with one attached hydrogen (secondary N) is 1. The van der Waals surface area contributed by atoms with Gasteiger partial charge in [0.1, 0.15) is 5.75 Å². The molecular formula is C21H20ClN3O2. The van der Waals surface area contributed by atoms with Gasteiger partial charge in [-0.25, -0.2) is 5.43 Å². The number of benzene rings is 2. The lowest BCUT2D eigenvalue weighted by Gasteiger charge is -2.09. The molecule has 0 spiro atoms. The molecule has 1 aromatic heterocycles. The number of ether oxygens (including phenoxy) is 1. The summed E-state index contributed by atoms with van der Waals surface area (Å²) in [6, 6.07) is 16.6. The lowest BCUT2D eigenvalue weighted by atomic mass is 10.2. The minimum absolute atomic E-state index is 0.297. The summed E-state index contributed by atoms with van der Waals surface area (Å²) < 4.78 is 7.22. The second-order valence-corrected chi connectivity index (χ2v) is 6.51. The quantitative estimate of drug-likeness (QED) is 0.521. The lowest BCUT2D eigenvalue weighted by Crippen LogP contribution is -2.17. The third kappa shape index (κ3) is 4.20. The van der Waals surface area contributed by atoms with E-state index in [0.717, 1.165) is 22.6 Å². The van der Waals surface area contributed by atoms with Gasteiger partial charge in [0.25, 0.3) is 5.91 Å². The van der Waals surface area contributed by atoms with E-state index >= 15 is 0 Å². The SMILES string of the molecule is COc1cccc(C(=O)N/N=C\c2cc(C)n(-c3cccc(Cl)c3)c2C)c1. The molecule has 0 aliphatic heterocycles.